The van der Waals surface area contributed by atoms with Gasteiger partial charge in [0.25, 0.3) is 0 Å². The largest absolute Gasteiger partial charge is 0.331 e. The molecule has 0 bridgehead atoms. The van der Waals surface area contributed by atoms with Gasteiger partial charge in [-0.05, 0) is 43.7 Å². The van der Waals surface area contributed by atoms with Gasteiger partial charge >= 0.3 is 0 Å². The number of halogens is 1. The third-order valence-electron chi connectivity index (χ3n) is 4.12. The van der Waals surface area contributed by atoms with Crippen molar-refractivity contribution in [3.8, 4) is 0 Å². The third-order valence-corrected chi connectivity index (χ3v) is 4.12. The Bertz CT molecular complexity index is 654. The number of Topliss-reactive ketones (excluding diaryl/α,β-unsaturated/α-hetero) is 1. The van der Waals surface area contributed by atoms with Crippen molar-refractivity contribution >= 4 is 17.3 Å². The highest BCUT2D eigenvalue weighted by molar-refractivity contribution is 6.27. The highest BCUT2D eigenvalue weighted by Gasteiger charge is 2.43. The molecule has 1 aliphatic carbocycles. The fourth-order valence-electron chi connectivity index (χ4n) is 2.80. The van der Waals surface area contributed by atoms with E-state index in [1.165, 1.54) is 6.20 Å². The molecule has 1 fully saturated rings. The van der Waals surface area contributed by atoms with E-state index in [1.54, 1.807) is 13.0 Å². The summed E-state index contributed by atoms with van der Waals surface area (Å²) in [7, 11) is 0. The van der Waals surface area contributed by atoms with E-state index in [9.17, 15) is 14.0 Å². The van der Waals surface area contributed by atoms with Crippen molar-refractivity contribution in [3.05, 3.63) is 29.2 Å². The zero-order chi connectivity index (χ0) is 15.1. The molecule has 0 radical (unpaired) electrons. The lowest BCUT2D eigenvalue weighted by Gasteiger charge is -2.13. The Hall–Kier alpha value is -2.11. The van der Waals surface area contributed by atoms with Gasteiger partial charge in [0.2, 0.25) is 5.91 Å². The van der Waals surface area contributed by atoms with E-state index >= 15 is 0 Å². The number of allylic oxidation sites excluding steroid dienone is 1. The number of hydrogen-bond donors (Lipinski definition) is 1. The predicted molar refractivity (Wildman–Crippen MR) is 73.9 cm³/mol. The lowest BCUT2D eigenvalue weighted by atomic mass is 9.99. The molecule has 3 atom stereocenters. The minimum Gasteiger partial charge on any atom is -0.331 e. The minimum atomic E-state index is -0.846. The molecule has 6 heteroatoms. The van der Waals surface area contributed by atoms with Crippen LogP contribution in [0.4, 0.5) is 4.39 Å². The van der Waals surface area contributed by atoms with E-state index in [1.807, 2.05) is 6.92 Å². The van der Waals surface area contributed by atoms with Crippen molar-refractivity contribution in [3.63, 3.8) is 0 Å². The van der Waals surface area contributed by atoms with Crippen molar-refractivity contribution in [1.82, 2.24) is 15.5 Å². The van der Waals surface area contributed by atoms with Gasteiger partial charge in [0.05, 0.1) is 23.4 Å². The number of ketones is 1. The topological polar surface area (TPSA) is 72.0 Å². The summed E-state index contributed by atoms with van der Waals surface area (Å²) in [6, 6.07) is 1.80. The molecule has 0 aromatic carbocycles. The second-order valence-corrected chi connectivity index (χ2v) is 5.68. The molecular formula is C15H16FN3O2. The lowest BCUT2D eigenvalue weighted by Crippen LogP contribution is -2.27. The molecule has 2 heterocycles. The first-order valence-electron chi connectivity index (χ1n) is 6.98. The zero-order valence-corrected chi connectivity index (χ0v) is 11.9. The van der Waals surface area contributed by atoms with E-state index in [0.717, 1.165) is 17.7 Å². The Morgan fingerprint density at radius 3 is 2.76 bits per heavy atom. The monoisotopic (exact) mass is 289 g/mol. The van der Waals surface area contributed by atoms with Crippen molar-refractivity contribution in [2.24, 2.45) is 5.92 Å². The second-order valence-electron chi connectivity index (χ2n) is 5.68. The van der Waals surface area contributed by atoms with Gasteiger partial charge in [-0.25, -0.2) is 4.39 Å². The maximum Gasteiger partial charge on any atom is 0.231 e. The number of nitrogens with zero attached hydrogens (tertiary/aromatic N) is 2. The molecule has 1 unspecified atom stereocenters. The van der Waals surface area contributed by atoms with Gasteiger partial charge < -0.3 is 5.32 Å². The average molecular weight is 289 g/mol. The van der Waals surface area contributed by atoms with Crippen molar-refractivity contribution in [2.45, 2.75) is 38.8 Å². The summed E-state index contributed by atoms with van der Waals surface area (Å²) in [6.45, 7) is 3.40. The second kappa shape index (κ2) is 5.02. The molecule has 21 heavy (non-hydrogen) atoms. The molecule has 3 rings (SSSR count). The SMILES string of the molecule is Cc1nnc(C2=CNC(=O)CC2=O)cc1[C@H]1C[C@@H]1C(C)F. The van der Waals surface area contributed by atoms with E-state index in [4.69, 9.17) is 0 Å². The van der Waals surface area contributed by atoms with Gasteiger partial charge in [0.1, 0.15) is 6.17 Å². The summed E-state index contributed by atoms with van der Waals surface area (Å²) in [6.07, 6.45) is 1.15. The fraction of sp³-hybridized carbons (Fsp3) is 0.467. The van der Waals surface area contributed by atoms with Crippen LogP contribution < -0.4 is 5.32 Å². The Labute approximate surface area is 121 Å². The summed E-state index contributed by atoms with van der Waals surface area (Å²) >= 11 is 0. The summed E-state index contributed by atoms with van der Waals surface area (Å²) in [5.74, 6) is -0.420. The standard InChI is InChI=1S/C15H16FN3O2/c1-7(16)9-3-11(9)10-4-13(19-18-8(10)2)12-6-17-15(21)5-14(12)20/h4,6-7,9,11H,3,5H2,1-2H3,(H,17,21)/t7?,9-,11+/m1/s1. The number of carbonyl (C=O) groups excluding carboxylic acids is 2. The Kier molecular flexibility index (Phi) is 3.31. The van der Waals surface area contributed by atoms with Crippen LogP contribution in [0.3, 0.4) is 0 Å². The van der Waals surface area contributed by atoms with E-state index in [0.29, 0.717) is 11.3 Å². The predicted octanol–water partition coefficient (Wildman–Crippen LogP) is 1.68. The number of aryl methyl sites for hydroxylation is 1. The third kappa shape index (κ3) is 2.57. The van der Waals surface area contributed by atoms with E-state index in [-0.39, 0.29) is 29.9 Å². The molecule has 2 aliphatic rings. The molecule has 1 saturated carbocycles. The molecule has 0 saturated heterocycles. The van der Waals surface area contributed by atoms with Gasteiger partial charge in [0.15, 0.2) is 5.78 Å². The number of alkyl halides is 1. The molecule has 110 valence electrons. The molecule has 1 aliphatic heterocycles. The first-order chi connectivity index (χ1) is 9.97. The summed E-state index contributed by atoms with van der Waals surface area (Å²) < 4.78 is 13.4. The first kappa shape index (κ1) is 13.9. The van der Waals surface area contributed by atoms with Gasteiger partial charge in [-0.15, -0.1) is 0 Å². The molecule has 1 aromatic rings. The fourth-order valence-corrected chi connectivity index (χ4v) is 2.80. The van der Waals surface area contributed by atoms with Crippen LogP contribution in [-0.2, 0) is 9.59 Å². The van der Waals surface area contributed by atoms with Crippen LogP contribution in [0, 0.1) is 12.8 Å². The average Bonchev–Trinajstić information content (AvgIpc) is 3.20. The van der Waals surface area contributed by atoms with E-state index in [2.05, 4.69) is 15.5 Å². The van der Waals surface area contributed by atoms with Crippen LogP contribution >= 0.6 is 0 Å². The Morgan fingerprint density at radius 1 is 1.38 bits per heavy atom. The molecule has 1 aromatic heterocycles. The molecule has 1 N–H and O–H groups in total. The van der Waals surface area contributed by atoms with Gasteiger partial charge in [-0.2, -0.15) is 10.2 Å². The number of rotatable bonds is 3. The number of amides is 1. The van der Waals surface area contributed by atoms with Crippen molar-refractivity contribution in [2.75, 3.05) is 0 Å². The number of nitrogens with one attached hydrogen (secondary N) is 1. The lowest BCUT2D eigenvalue weighted by molar-refractivity contribution is -0.125. The molecule has 1 amide bonds. The van der Waals surface area contributed by atoms with Crippen molar-refractivity contribution < 1.29 is 14.0 Å². The number of hydrogen-bond acceptors (Lipinski definition) is 4. The number of aromatic nitrogens is 2. The smallest absolute Gasteiger partial charge is 0.231 e. The highest BCUT2D eigenvalue weighted by atomic mass is 19.1. The van der Waals surface area contributed by atoms with E-state index < -0.39 is 6.17 Å². The van der Waals surface area contributed by atoms with Crippen LogP contribution in [0.1, 0.15) is 42.6 Å². The minimum absolute atomic E-state index is 0.0245. The maximum absolute atomic E-state index is 13.4. The van der Waals surface area contributed by atoms with Gasteiger partial charge in [-0.1, -0.05) is 0 Å². The number of carbonyl (C=O) groups is 2. The Morgan fingerprint density at radius 2 is 2.14 bits per heavy atom. The molecular weight excluding hydrogens is 273 g/mol. The molecule has 0 spiro atoms. The maximum atomic E-state index is 13.4. The van der Waals surface area contributed by atoms with Crippen LogP contribution in [0.2, 0.25) is 0 Å². The normalized spacial score (nSPS) is 26.1. The van der Waals surface area contributed by atoms with Crippen molar-refractivity contribution in [1.29, 1.82) is 0 Å². The summed E-state index contributed by atoms with van der Waals surface area (Å²) in [5, 5.41) is 10.6. The van der Waals surface area contributed by atoms with Gasteiger partial charge in [0, 0.05) is 6.20 Å². The quantitative estimate of drug-likeness (QED) is 0.859. The van der Waals surface area contributed by atoms with Crippen LogP contribution in [0.25, 0.3) is 5.57 Å². The Balaban J connectivity index is 1.92. The van der Waals surface area contributed by atoms with Crippen LogP contribution in [-0.4, -0.2) is 28.1 Å². The highest BCUT2D eigenvalue weighted by Crippen LogP contribution is 2.51. The summed E-state index contributed by atoms with van der Waals surface area (Å²) in [4.78, 5) is 23.1. The first-order valence-corrected chi connectivity index (χ1v) is 6.98. The molecule has 5 nitrogen and oxygen atoms in total. The van der Waals surface area contributed by atoms with Crippen LogP contribution in [0.15, 0.2) is 12.3 Å². The van der Waals surface area contributed by atoms with Gasteiger partial charge in [-0.3, -0.25) is 9.59 Å². The van der Waals surface area contributed by atoms with Crippen LogP contribution in [0.5, 0.6) is 0 Å². The summed E-state index contributed by atoms with van der Waals surface area (Å²) in [5.41, 5.74) is 2.51. The zero-order valence-electron chi connectivity index (χ0n) is 11.9.